The highest BCUT2D eigenvalue weighted by Crippen LogP contribution is 2.08. The summed E-state index contributed by atoms with van der Waals surface area (Å²) >= 11 is 0. The number of nitrogens with one attached hydrogen (secondary N) is 2. The molecular weight excluding hydrogens is 349 g/mol. The Morgan fingerprint density at radius 3 is 2.26 bits per heavy atom. The van der Waals surface area contributed by atoms with Crippen molar-refractivity contribution in [1.29, 1.82) is 0 Å². The summed E-state index contributed by atoms with van der Waals surface area (Å²) in [5.74, 6) is -1.17. The highest BCUT2D eigenvalue weighted by molar-refractivity contribution is 5.93. The molecule has 0 saturated carbocycles. The molecule has 0 saturated heterocycles. The largest absolute Gasteiger partial charge is 0.351 e. The van der Waals surface area contributed by atoms with Crippen molar-refractivity contribution in [3.63, 3.8) is 0 Å². The van der Waals surface area contributed by atoms with Gasteiger partial charge in [-0.2, -0.15) is 0 Å². The number of carbonyl (C=O) groups excluding carboxylic acids is 3. The first-order chi connectivity index (χ1) is 12.6. The first-order valence-corrected chi connectivity index (χ1v) is 9.18. The first-order valence-electron chi connectivity index (χ1n) is 9.18. The summed E-state index contributed by atoms with van der Waals surface area (Å²) in [7, 11) is 0. The number of nitrogens with two attached hydrogens (primary N) is 1. The Morgan fingerprint density at radius 1 is 1.07 bits per heavy atom. The summed E-state index contributed by atoms with van der Waals surface area (Å²) in [6.45, 7) is 5.90. The molecular formula is C20H30FN3O3. The molecule has 0 aliphatic carbocycles. The third-order valence-corrected chi connectivity index (χ3v) is 3.81. The zero-order valence-electron chi connectivity index (χ0n) is 16.3. The zero-order valence-corrected chi connectivity index (χ0v) is 16.3. The lowest BCUT2D eigenvalue weighted by molar-refractivity contribution is -0.131. The van der Waals surface area contributed by atoms with E-state index in [-0.39, 0.29) is 42.7 Å². The van der Waals surface area contributed by atoms with Gasteiger partial charge in [-0.1, -0.05) is 12.1 Å². The van der Waals surface area contributed by atoms with Crippen LogP contribution < -0.4 is 16.4 Å². The van der Waals surface area contributed by atoms with Gasteiger partial charge in [-0.15, -0.1) is 0 Å². The molecule has 1 aromatic rings. The van der Waals surface area contributed by atoms with E-state index in [1.165, 1.54) is 12.1 Å². The number of hydrogen-bond acceptors (Lipinski definition) is 4. The number of benzene rings is 1. The van der Waals surface area contributed by atoms with Crippen molar-refractivity contribution in [2.45, 2.75) is 64.5 Å². The molecule has 0 aliphatic heterocycles. The van der Waals surface area contributed by atoms with Crippen LogP contribution in [0.1, 0.15) is 52.0 Å². The first kappa shape index (κ1) is 22.8. The van der Waals surface area contributed by atoms with Gasteiger partial charge < -0.3 is 16.4 Å². The minimum Gasteiger partial charge on any atom is -0.351 e. The Balaban J connectivity index is 2.65. The SMILES string of the molecule is CC(C)(C)NC(=O)C[C@H](NC(=O)CCc1ccc(F)cc1)C(=O)CCCN. The number of Topliss-reactive ketones (excluding diaryl/α,β-unsaturated/α-hetero) is 1. The number of rotatable bonds is 10. The second-order valence-corrected chi connectivity index (χ2v) is 7.61. The van der Waals surface area contributed by atoms with Crippen LogP contribution >= 0.6 is 0 Å². The van der Waals surface area contributed by atoms with E-state index in [4.69, 9.17) is 5.73 Å². The average Bonchev–Trinajstić information content (AvgIpc) is 2.57. The molecule has 6 nitrogen and oxygen atoms in total. The lowest BCUT2D eigenvalue weighted by atomic mass is 10.0. The van der Waals surface area contributed by atoms with E-state index in [2.05, 4.69) is 10.6 Å². The van der Waals surface area contributed by atoms with Crippen LogP contribution in [-0.2, 0) is 20.8 Å². The van der Waals surface area contributed by atoms with Crippen LogP contribution in [0, 0.1) is 5.82 Å². The summed E-state index contributed by atoms with van der Waals surface area (Å²) in [6.07, 6.45) is 1.17. The molecule has 0 fully saturated rings. The van der Waals surface area contributed by atoms with Crippen LogP contribution in [0.5, 0.6) is 0 Å². The number of carbonyl (C=O) groups is 3. The third kappa shape index (κ3) is 9.84. The molecule has 150 valence electrons. The summed E-state index contributed by atoms with van der Waals surface area (Å²) in [5.41, 5.74) is 5.84. The minimum absolute atomic E-state index is 0.108. The van der Waals surface area contributed by atoms with E-state index in [9.17, 15) is 18.8 Å². The molecule has 0 heterocycles. The fraction of sp³-hybridized carbons (Fsp3) is 0.550. The van der Waals surface area contributed by atoms with Gasteiger partial charge in [-0.05, 0) is 57.9 Å². The van der Waals surface area contributed by atoms with Crippen LogP contribution in [0.3, 0.4) is 0 Å². The van der Waals surface area contributed by atoms with E-state index in [0.29, 0.717) is 19.4 Å². The van der Waals surface area contributed by atoms with Crippen molar-refractivity contribution in [3.05, 3.63) is 35.6 Å². The van der Waals surface area contributed by atoms with Crippen molar-refractivity contribution in [2.24, 2.45) is 5.73 Å². The number of amides is 2. The number of ketones is 1. The number of halogens is 1. The van der Waals surface area contributed by atoms with Gasteiger partial charge in [0.2, 0.25) is 11.8 Å². The second kappa shape index (κ2) is 10.8. The van der Waals surface area contributed by atoms with Gasteiger partial charge in [0.15, 0.2) is 5.78 Å². The lowest BCUT2D eigenvalue weighted by Crippen LogP contribution is -2.47. The predicted octanol–water partition coefficient (Wildman–Crippen LogP) is 1.86. The fourth-order valence-electron chi connectivity index (χ4n) is 2.53. The van der Waals surface area contributed by atoms with Gasteiger partial charge in [-0.25, -0.2) is 4.39 Å². The standard InChI is InChI=1S/C20H30FN3O3/c1-20(2,3)24-19(27)13-16(17(25)5-4-12-22)23-18(26)11-8-14-6-9-15(21)10-7-14/h6-7,9-10,16H,4-5,8,11-13,22H2,1-3H3,(H,23,26)(H,24,27)/t16-/m0/s1. The maximum atomic E-state index is 12.9. The number of aryl methyl sites for hydroxylation is 1. The predicted molar refractivity (Wildman–Crippen MR) is 102 cm³/mol. The normalized spacial score (nSPS) is 12.3. The molecule has 1 rings (SSSR count). The van der Waals surface area contributed by atoms with E-state index in [0.717, 1.165) is 5.56 Å². The number of hydrogen-bond donors (Lipinski definition) is 3. The topological polar surface area (TPSA) is 101 Å². The molecule has 0 bridgehead atoms. The molecule has 0 unspecified atom stereocenters. The third-order valence-electron chi connectivity index (χ3n) is 3.81. The van der Waals surface area contributed by atoms with E-state index < -0.39 is 11.6 Å². The summed E-state index contributed by atoms with van der Waals surface area (Å²) in [4.78, 5) is 36.8. The lowest BCUT2D eigenvalue weighted by Gasteiger charge is -2.23. The molecule has 2 amide bonds. The molecule has 0 spiro atoms. The second-order valence-electron chi connectivity index (χ2n) is 7.61. The van der Waals surface area contributed by atoms with Crippen molar-refractivity contribution < 1.29 is 18.8 Å². The van der Waals surface area contributed by atoms with E-state index in [1.54, 1.807) is 12.1 Å². The quantitative estimate of drug-likeness (QED) is 0.577. The Morgan fingerprint density at radius 2 is 1.70 bits per heavy atom. The van der Waals surface area contributed by atoms with Crippen molar-refractivity contribution in [2.75, 3.05) is 6.54 Å². The molecule has 7 heteroatoms. The van der Waals surface area contributed by atoms with Crippen molar-refractivity contribution in [1.82, 2.24) is 10.6 Å². The highest BCUT2D eigenvalue weighted by atomic mass is 19.1. The van der Waals surface area contributed by atoms with Gasteiger partial charge >= 0.3 is 0 Å². The molecule has 0 aromatic heterocycles. The maximum Gasteiger partial charge on any atom is 0.222 e. The average molecular weight is 379 g/mol. The van der Waals surface area contributed by atoms with E-state index in [1.807, 2.05) is 20.8 Å². The Hall–Kier alpha value is -2.28. The summed E-state index contributed by atoms with van der Waals surface area (Å²) < 4.78 is 12.9. The van der Waals surface area contributed by atoms with Crippen molar-refractivity contribution >= 4 is 17.6 Å². The van der Waals surface area contributed by atoms with Crippen LogP contribution in [0.25, 0.3) is 0 Å². The Kier molecular flexibility index (Phi) is 9.08. The zero-order chi connectivity index (χ0) is 20.4. The Bertz CT molecular complexity index is 639. The van der Waals surface area contributed by atoms with Crippen molar-refractivity contribution in [3.8, 4) is 0 Å². The van der Waals surface area contributed by atoms with Gasteiger partial charge in [-0.3, -0.25) is 14.4 Å². The monoisotopic (exact) mass is 379 g/mol. The molecule has 4 N–H and O–H groups in total. The van der Waals surface area contributed by atoms with Gasteiger partial charge in [0.1, 0.15) is 5.82 Å². The molecule has 27 heavy (non-hydrogen) atoms. The molecule has 0 aliphatic rings. The minimum atomic E-state index is -0.875. The highest BCUT2D eigenvalue weighted by Gasteiger charge is 2.25. The molecule has 0 radical (unpaired) electrons. The maximum absolute atomic E-state index is 12.9. The smallest absolute Gasteiger partial charge is 0.222 e. The molecule has 1 atom stereocenters. The van der Waals surface area contributed by atoms with Crippen LogP contribution in [0.4, 0.5) is 4.39 Å². The fourth-order valence-corrected chi connectivity index (χ4v) is 2.53. The summed E-state index contributed by atoms with van der Waals surface area (Å²) in [5, 5.41) is 5.45. The van der Waals surface area contributed by atoms with Crippen LogP contribution in [0.2, 0.25) is 0 Å². The summed E-state index contributed by atoms with van der Waals surface area (Å²) in [6, 6.07) is 5.03. The molecule has 1 aromatic carbocycles. The van der Waals surface area contributed by atoms with Gasteiger partial charge in [0, 0.05) is 18.4 Å². The van der Waals surface area contributed by atoms with E-state index >= 15 is 0 Å². The van der Waals surface area contributed by atoms with Crippen LogP contribution in [0.15, 0.2) is 24.3 Å². The van der Waals surface area contributed by atoms with Gasteiger partial charge in [0.05, 0.1) is 12.5 Å². The van der Waals surface area contributed by atoms with Gasteiger partial charge in [0.25, 0.3) is 0 Å². The Labute approximate surface area is 160 Å². The van der Waals surface area contributed by atoms with Crippen LogP contribution in [-0.4, -0.2) is 35.7 Å².